The lowest BCUT2D eigenvalue weighted by molar-refractivity contribution is -0.131. The molecule has 0 fully saturated rings. The summed E-state index contributed by atoms with van der Waals surface area (Å²) in [5.74, 6) is -0.454. The van der Waals surface area contributed by atoms with Crippen LogP contribution in [0.2, 0.25) is 0 Å². The molecule has 1 aliphatic rings. The van der Waals surface area contributed by atoms with Gasteiger partial charge >= 0.3 is 0 Å². The van der Waals surface area contributed by atoms with E-state index in [0.29, 0.717) is 13.9 Å². The van der Waals surface area contributed by atoms with E-state index >= 15 is 0 Å². The lowest BCUT2D eigenvalue weighted by Crippen LogP contribution is -2.37. The Balaban J connectivity index is 2.08. The Morgan fingerprint density at radius 3 is 2.82 bits per heavy atom. The van der Waals surface area contributed by atoms with E-state index in [1.54, 1.807) is 0 Å². The third-order valence-electron chi connectivity index (χ3n) is 3.49. The molecular weight excluding hydrogens is 323 g/mol. The first-order chi connectivity index (χ1) is 10.5. The van der Waals surface area contributed by atoms with Crippen LogP contribution in [-0.4, -0.2) is 46.7 Å². The van der Waals surface area contributed by atoms with Crippen LogP contribution in [0.15, 0.2) is 12.2 Å². The summed E-state index contributed by atoms with van der Waals surface area (Å²) in [5.41, 5.74) is 0.0708. The van der Waals surface area contributed by atoms with Gasteiger partial charge in [-0.25, -0.2) is 0 Å². The van der Waals surface area contributed by atoms with E-state index in [4.69, 9.17) is 11.8 Å². The number of hydrogen-bond acceptors (Lipinski definition) is 5. The third kappa shape index (κ3) is 6.30. The van der Waals surface area contributed by atoms with Crippen molar-refractivity contribution in [1.82, 2.24) is 10.2 Å². The lowest BCUT2D eigenvalue weighted by Gasteiger charge is -2.19. The van der Waals surface area contributed by atoms with Gasteiger partial charge in [0.2, 0.25) is 11.8 Å². The first-order valence-corrected chi connectivity index (χ1v) is 9.17. The zero-order chi connectivity index (χ0) is 16.5. The highest BCUT2D eigenvalue weighted by molar-refractivity contribution is 8.03. The van der Waals surface area contributed by atoms with Crippen molar-refractivity contribution in [2.45, 2.75) is 38.8 Å². The van der Waals surface area contributed by atoms with Gasteiger partial charge in [-0.2, -0.15) is 0 Å². The number of unbranched alkanes of at least 4 members (excludes halogenated alkanes) is 1. The van der Waals surface area contributed by atoms with Crippen molar-refractivity contribution in [3.63, 3.8) is 0 Å². The molecule has 0 radical (unpaired) electrons. The van der Waals surface area contributed by atoms with Gasteiger partial charge in [-0.1, -0.05) is 13.3 Å². The summed E-state index contributed by atoms with van der Waals surface area (Å²) >= 11 is 4.69. The van der Waals surface area contributed by atoms with Gasteiger partial charge in [0.05, 0.1) is 7.36 Å². The van der Waals surface area contributed by atoms with Gasteiger partial charge < -0.3 is 15.3 Å². The Hall–Kier alpha value is -1.17. The highest BCUT2D eigenvalue weighted by Gasteiger charge is 2.23. The number of carbonyl (C=O) groups is 3. The molecule has 0 bridgehead atoms. The Bertz CT molecular complexity index is 470. The molecule has 1 unspecified atom stereocenters. The van der Waals surface area contributed by atoms with Crippen molar-refractivity contribution in [2.24, 2.45) is 5.92 Å². The molecule has 2 N–H and O–H groups in total. The van der Waals surface area contributed by atoms with E-state index in [1.807, 2.05) is 6.92 Å². The van der Waals surface area contributed by atoms with Gasteiger partial charge in [0.25, 0.3) is 0 Å². The number of rotatable bonds is 10. The highest BCUT2D eigenvalue weighted by Crippen LogP contribution is 2.14. The predicted molar refractivity (Wildman–Crippen MR) is 86.8 cm³/mol. The van der Waals surface area contributed by atoms with Crippen molar-refractivity contribution in [3.8, 4) is 0 Å². The minimum absolute atomic E-state index is 0.0231. The maximum absolute atomic E-state index is 11.6. The van der Waals surface area contributed by atoms with E-state index in [0.717, 1.165) is 19.3 Å². The minimum atomic E-state index is -0.928. The number of nitrogens with zero attached hydrogens (tertiary/aromatic N) is 1. The molecule has 8 heteroatoms. The average molecular weight is 344 g/mol. The normalized spacial score (nSPS) is 18.7. The highest BCUT2D eigenvalue weighted by atomic mass is 32.4. The zero-order valence-corrected chi connectivity index (χ0v) is 14.2. The Morgan fingerprint density at radius 1 is 1.50 bits per heavy atom. The SMILES string of the molecule is CC(CCCCNC(=O)CCN1C(=O)C=C[C@H]1O)C(=O)P=S. The van der Waals surface area contributed by atoms with Crippen LogP contribution in [0.4, 0.5) is 0 Å². The van der Waals surface area contributed by atoms with Crippen LogP contribution < -0.4 is 5.32 Å². The molecule has 0 aromatic rings. The lowest BCUT2D eigenvalue weighted by atomic mass is 10.1. The van der Waals surface area contributed by atoms with Gasteiger partial charge in [0.1, 0.15) is 6.23 Å². The van der Waals surface area contributed by atoms with Gasteiger partial charge in [-0.3, -0.25) is 14.4 Å². The number of amides is 2. The Labute approximate surface area is 136 Å². The quantitative estimate of drug-likeness (QED) is 0.455. The maximum atomic E-state index is 11.6. The smallest absolute Gasteiger partial charge is 0.248 e. The largest absolute Gasteiger partial charge is 0.370 e. The average Bonchev–Trinajstić information content (AvgIpc) is 2.82. The number of nitrogens with one attached hydrogen (secondary N) is 1. The first kappa shape index (κ1) is 18.9. The molecule has 2 amide bonds. The molecule has 1 heterocycles. The third-order valence-corrected chi connectivity index (χ3v) is 4.65. The summed E-state index contributed by atoms with van der Waals surface area (Å²) in [7, 11) is 0.386. The molecule has 1 aliphatic heterocycles. The number of aliphatic hydroxyl groups is 1. The van der Waals surface area contributed by atoms with E-state index in [-0.39, 0.29) is 36.2 Å². The summed E-state index contributed by atoms with van der Waals surface area (Å²) in [5, 5.41) is 12.3. The van der Waals surface area contributed by atoms with Crippen LogP contribution >= 0.6 is 7.36 Å². The van der Waals surface area contributed by atoms with Gasteiger partial charge in [0.15, 0.2) is 5.52 Å². The van der Waals surface area contributed by atoms with Gasteiger partial charge in [-0.15, -0.1) is 0 Å². The molecule has 0 saturated carbocycles. The van der Waals surface area contributed by atoms with E-state index in [9.17, 15) is 19.5 Å². The van der Waals surface area contributed by atoms with E-state index < -0.39 is 6.23 Å². The molecule has 1 rings (SSSR count). The fraction of sp³-hybridized carbons (Fsp3) is 0.643. The van der Waals surface area contributed by atoms with E-state index in [2.05, 4.69) is 5.32 Å². The van der Waals surface area contributed by atoms with Crippen LogP contribution in [-0.2, 0) is 26.2 Å². The molecule has 0 aromatic carbocycles. The van der Waals surface area contributed by atoms with Gasteiger partial charge in [0, 0.05) is 31.5 Å². The fourth-order valence-corrected chi connectivity index (χ4v) is 2.92. The predicted octanol–water partition coefficient (Wildman–Crippen LogP) is 0.951. The van der Waals surface area contributed by atoms with Crippen molar-refractivity contribution in [1.29, 1.82) is 0 Å². The van der Waals surface area contributed by atoms with Crippen LogP contribution in [0.3, 0.4) is 0 Å². The molecule has 6 nitrogen and oxygen atoms in total. The zero-order valence-electron chi connectivity index (χ0n) is 12.5. The molecule has 0 aliphatic carbocycles. The first-order valence-electron chi connectivity index (χ1n) is 7.26. The second-order valence-corrected chi connectivity index (χ2v) is 6.40. The van der Waals surface area contributed by atoms with Crippen LogP contribution in [0.5, 0.6) is 0 Å². The summed E-state index contributed by atoms with van der Waals surface area (Å²) in [6.45, 7) is 2.61. The second-order valence-electron chi connectivity index (χ2n) is 5.23. The van der Waals surface area contributed by atoms with Gasteiger partial charge in [-0.05, 0) is 30.7 Å². The summed E-state index contributed by atoms with van der Waals surface area (Å²) in [4.78, 5) is 35.5. The number of aliphatic hydroxyl groups excluding tert-OH is 1. The summed E-state index contributed by atoms with van der Waals surface area (Å²) in [6, 6.07) is 0. The fourth-order valence-electron chi connectivity index (χ4n) is 2.07. The number of carbonyl (C=O) groups excluding carboxylic acids is 3. The van der Waals surface area contributed by atoms with Crippen molar-refractivity contribution in [3.05, 3.63) is 12.2 Å². The molecule has 2 atom stereocenters. The maximum Gasteiger partial charge on any atom is 0.248 e. The van der Waals surface area contributed by atoms with Crippen molar-refractivity contribution >= 4 is 36.5 Å². The monoisotopic (exact) mass is 344 g/mol. The molecule has 0 saturated heterocycles. The van der Waals surface area contributed by atoms with Crippen LogP contribution in [0.25, 0.3) is 0 Å². The van der Waals surface area contributed by atoms with E-state index in [1.165, 1.54) is 17.1 Å². The molecule has 0 spiro atoms. The van der Waals surface area contributed by atoms with Crippen LogP contribution in [0, 0.1) is 5.92 Å². The molecular formula is C14H21N2O4PS. The minimum Gasteiger partial charge on any atom is -0.370 e. The second kappa shape index (κ2) is 9.77. The molecule has 22 heavy (non-hydrogen) atoms. The molecule has 0 aromatic heterocycles. The van der Waals surface area contributed by atoms with Crippen molar-refractivity contribution < 1.29 is 19.5 Å². The molecule has 122 valence electrons. The Kier molecular flexibility index (Phi) is 8.38. The number of hydrogen-bond donors (Lipinski definition) is 2. The van der Waals surface area contributed by atoms with Crippen molar-refractivity contribution in [2.75, 3.05) is 13.1 Å². The standard InChI is InChI=1S/C14H21N2O4PS/c1-10(14(20)21-22)4-2-3-8-15-11(17)7-9-16-12(18)5-6-13(16)19/h5-6,10,12,18H,2-4,7-9H2,1H3,(H,15,17)/t10?,12-/m1/s1. The summed E-state index contributed by atoms with van der Waals surface area (Å²) < 4.78 is 0. The Morgan fingerprint density at radius 2 is 2.23 bits per heavy atom. The van der Waals surface area contributed by atoms with Crippen LogP contribution in [0.1, 0.15) is 32.6 Å². The summed E-state index contributed by atoms with van der Waals surface area (Å²) in [6.07, 6.45) is 4.35. The topological polar surface area (TPSA) is 86.7 Å².